The quantitative estimate of drug-likeness (QED) is 0.328. The van der Waals surface area contributed by atoms with Crippen LogP contribution in [0.15, 0.2) is 34.6 Å². The molecule has 5 rings (SSSR count). The second kappa shape index (κ2) is 10.3. The SMILES string of the molecule is CCCn1c(=O)c2cnc(Nc3ccc4c(c3)CCN(C(=O)OC(C)(C)C)C4)nc2n1-c1nc(C(C)(C)C)cs1. The zero-order chi connectivity index (χ0) is 28.8. The molecule has 0 radical (unpaired) electrons. The highest BCUT2D eigenvalue weighted by atomic mass is 32.1. The summed E-state index contributed by atoms with van der Waals surface area (Å²) in [5.74, 6) is 0.397. The summed E-state index contributed by atoms with van der Waals surface area (Å²) < 4.78 is 9.07. The van der Waals surface area contributed by atoms with Gasteiger partial charge in [-0.25, -0.2) is 24.1 Å². The Morgan fingerprint density at radius 2 is 1.90 bits per heavy atom. The third-order valence-corrected chi connectivity index (χ3v) is 7.50. The lowest BCUT2D eigenvalue weighted by Gasteiger charge is -2.31. The fraction of sp³-hybridized carbons (Fsp3) is 0.483. The first kappa shape index (κ1) is 27.8. The van der Waals surface area contributed by atoms with Crippen LogP contribution >= 0.6 is 11.3 Å². The lowest BCUT2D eigenvalue weighted by Crippen LogP contribution is -2.39. The molecule has 1 aliphatic rings. The van der Waals surface area contributed by atoms with Gasteiger partial charge in [0, 0.05) is 42.3 Å². The molecular formula is C29H37N7O3S. The molecular weight excluding hydrogens is 526 g/mol. The van der Waals surface area contributed by atoms with Crippen molar-refractivity contribution in [3.63, 3.8) is 0 Å². The van der Waals surface area contributed by atoms with Gasteiger partial charge >= 0.3 is 6.09 Å². The van der Waals surface area contributed by atoms with Crippen LogP contribution in [0, 0.1) is 0 Å². The largest absolute Gasteiger partial charge is 0.444 e. The molecule has 0 saturated carbocycles. The molecule has 0 bridgehead atoms. The van der Waals surface area contributed by atoms with E-state index in [2.05, 4.69) is 37.1 Å². The fourth-order valence-corrected chi connectivity index (χ4v) is 5.70. The molecule has 10 nitrogen and oxygen atoms in total. The molecule has 40 heavy (non-hydrogen) atoms. The Hall–Kier alpha value is -3.73. The second-order valence-corrected chi connectivity index (χ2v) is 13.0. The maximum Gasteiger partial charge on any atom is 0.410 e. The van der Waals surface area contributed by atoms with Crippen molar-refractivity contribution < 1.29 is 9.53 Å². The Morgan fingerprint density at radius 3 is 2.58 bits per heavy atom. The normalized spacial score (nSPS) is 13.9. The molecule has 0 saturated heterocycles. The summed E-state index contributed by atoms with van der Waals surface area (Å²) in [6.07, 6.45) is 2.82. The Bertz CT molecular complexity index is 1620. The van der Waals surface area contributed by atoms with E-state index in [0.717, 1.165) is 35.3 Å². The molecule has 1 N–H and O–H groups in total. The first-order chi connectivity index (χ1) is 18.8. The maximum absolute atomic E-state index is 13.3. The third-order valence-electron chi connectivity index (χ3n) is 6.68. The minimum absolute atomic E-state index is 0.105. The molecule has 4 heterocycles. The van der Waals surface area contributed by atoms with Crippen LogP contribution in [-0.2, 0) is 29.7 Å². The van der Waals surface area contributed by atoms with Gasteiger partial charge in [-0.2, -0.15) is 4.98 Å². The van der Waals surface area contributed by atoms with Gasteiger partial charge in [0.25, 0.3) is 5.56 Å². The molecule has 3 aromatic heterocycles. The monoisotopic (exact) mass is 563 g/mol. The van der Waals surface area contributed by atoms with E-state index >= 15 is 0 Å². The number of hydrogen-bond acceptors (Lipinski definition) is 8. The second-order valence-electron chi connectivity index (χ2n) is 12.2. The number of carbonyl (C=O) groups excluding carboxylic acids is 1. The summed E-state index contributed by atoms with van der Waals surface area (Å²) in [5.41, 5.74) is 3.83. The molecule has 1 amide bonds. The topological polar surface area (TPSA) is 107 Å². The minimum atomic E-state index is -0.525. The van der Waals surface area contributed by atoms with Gasteiger partial charge in [0.15, 0.2) is 5.65 Å². The summed E-state index contributed by atoms with van der Waals surface area (Å²) in [4.78, 5) is 41.7. The van der Waals surface area contributed by atoms with Crippen molar-refractivity contribution in [2.75, 3.05) is 11.9 Å². The van der Waals surface area contributed by atoms with Gasteiger partial charge in [-0.15, -0.1) is 11.3 Å². The van der Waals surface area contributed by atoms with E-state index in [-0.39, 0.29) is 17.1 Å². The molecule has 1 aliphatic heterocycles. The zero-order valence-electron chi connectivity index (χ0n) is 24.2. The summed E-state index contributed by atoms with van der Waals surface area (Å²) in [6.45, 7) is 15.7. The molecule has 4 aromatic rings. The van der Waals surface area contributed by atoms with Crippen LogP contribution in [0.5, 0.6) is 0 Å². The van der Waals surface area contributed by atoms with Crippen molar-refractivity contribution in [1.29, 1.82) is 0 Å². The van der Waals surface area contributed by atoms with Crippen molar-refractivity contribution in [3.05, 3.63) is 57.0 Å². The van der Waals surface area contributed by atoms with Crippen LogP contribution in [0.3, 0.4) is 0 Å². The summed E-state index contributed by atoms with van der Waals surface area (Å²) in [7, 11) is 0. The first-order valence-corrected chi connectivity index (χ1v) is 14.5. The number of aromatic nitrogens is 5. The van der Waals surface area contributed by atoms with Gasteiger partial charge in [0.1, 0.15) is 11.0 Å². The van der Waals surface area contributed by atoms with E-state index in [4.69, 9.17) is 14.7 Å². The molecule has 0 unspecified atom stereocenters. The van der Waals surface area contributed by atoms with Gasteiger partial charge in [-0.3, -0.25) is 4.79 Å². The Labute approximate surface area is 238 Å². The highest BCUT2D eigenvalue weighted by molar-refractivity contribution is 7.12. The van der Waals surface area contributed by atoms with E-state index in [1.165, 1.54) is 11.3 Å². The predicted molar refractivity (Wildman–Crippen MR) is 158 cm³/mol. The number of thiazole rings is 1. The van der Waals surface area contributed by atoms with Crippen LogP contribution in [0.2, 0.25) is 0 Å². The number of amides is 1. The Morgan fingerprint density at radius 1 is 1.12 bits per heavy atom. The Balaban J connectivity index is 1.44. The number of rotatable bonds is 5. The lowest BCUT2D eigenvalue weighted by molar-refractivity contribution is 0.0224. The molecule has 1 aromatic carbocycles. The van der Waals surface area contributed by atoms with Crippen LogP contribution in [0.1, 0.15) is 71.7 Å². The van der Waals surface area contributed by atoms with Crippen LogP contribution in [0.4, 0.5) is 16.4 Å². The fourth-order valence-electron chi connectivity index (χ4n) is 4.64. The first-order valence-electron chi connectivity index (χ1n) is 13.7. The van der Waals surface area contributed by atoms with Crippen molar-refractivity contribution in [1.82, 2.24) is 29.2 Å². The van der Waals surface area contributed by atoms with E-state index in [1.807, 2.05) is 49.9 Å². The molecule has 0 aliphatic carbocycles. The average molecular weight is 564 g/mol. The van der Waals surface area contributed by atoms with Gasteiger partial charge in [-0.05, 0) is 56.9 Å². The number of benzene rings is 1. The van der Waals surface area contributed by atoms with Gasteiger partial charge in [0.2, 0.25) is 11.1 Å². The number of fused-ring (bicyclic) bond motifs is 2. The molecule has 0 fully saturated rings. The molecule has 0 spiro atoms. The smallest absolute Gasteiger partial charge is 0.410 e. The number of anilines is 2. The standard InChI is InChI=1S/C29H37N7O3S/c1-8-12-35-24(37)21-15-30-25(33-23(21)36(35)26-32-22(17-40-26)28(2,3)4)31-20-10-9-19-16-34(13-11-18(19)14-20)27(38)39-29(5,6)7/h9-10,14-15,17H,8,11-13,16H2,1-7H3,(H,30,31,33). The number of nitrogens with one attached hydrogen (secondary N) is 1. The van der Waals surface area contributed by atoms with Crippen LogP contribution < -0.4 is 10.9 Å². The van der Waals surface area contributed by atoms with Crippen molar-refractivity contribution in [2.24, 2.45) is 0 Å². The summed E-state index contributed by atoms with van der Waals surface area (Å²) >= 11 is 1.50. The minimum Gasteiger partial charge on any atom is -0.444 e. The number of carbonyl (C=O) groups is 1. The van der Waals surface area contributed by atoms with Crippen molar-refractivity contribution >= 4 is 40.1 Å². The highest BCUT2D eigenvalue weighted by Gasteiger charge is 2.26. The molecule has 212 valence electrons. The van der Waals surface area contributed by atoms with Crippen molar-refractivity contribution in [3.8, 4) is 5.13 Å². The summed E-state index contributed by atoms with van der Waals surface area (Å²) in [5, 5.41) is 6.52. The predicted octanol–water partition coefficient (Wildman–Crippen LogP) is 5.78. The lowest BCUT2D eigenvalue weighted by atomic mass is 9.93. The average Bonchev–Trinajstić information content (AvgIpc) is 3.46. The zero-order valence-corrected chi connectivity index (χ0v) is 25.1. The van der Waals surface area contributed by atoms with Gasteiger partial charge in [0.05, 0.1) is 5.69 Å². The number of ether oxygens (including phenoxy) is 1. The highest BCUT2D eigenvalue weighted by Crippen LogP contribution is 2.28. The van der Waals surface area contributed by atoms with Gasteiger partial charge < -0.3 is 15.0 Å². The summed E-state index contributed by atoms with van der Waals surface area (Å²) in [6, 6.07) is 6.04. The molecule has 11 heteroatoms. The maximum atomic E-state index is 13.3. The van der Waals surface area contributed by atoms with E-state index in [9.17, 15) is 9.59 Å². The number of hydrogen-bond donors (Lipinski definition) is 1. The van der Waals surface area contributed by atoms with E-state index < -0.39 is 5.60 Å². The number of nitrogens with zero attached hydrogens (tertiary/aromatic N) is 6. The van der Waals surface area contributed by atoms with Crippen LogP contribution in [0.25, 0.3) is 16.2 Å². The van der Waals surface area contributed by atoms with E-state index in [1.54, 1.807) is 15.8 Å². The van der Waals surface area contributed by atoms with Crippen molar-refractivity contribution in [2.45, 2.75) is 85.4 Å². The van der Waals surface area contributed by atoms with Gasteiger partial charge in [-0.1, -0.05) is 33.8 Å². The Kier molecular flexibility index (Phi) is 7.20. The van der Waals surface area contributed by atoms with Crippen LogP contribution in [-0.4, -0.2) is 47.5 Å². The third kappa shape index (κ3) is 5.60. The molecule has 0 atom stereocenters. The van der Waals surface area contributed by atoms with E-state index in [0.29, 0.717) is 41.7 Å².